The summed E-state index contributed by atoms with van der Waals surface area (Å²) in [6.07, 6.45) is 9.98. The Morgan fingerprint density at radius 1 is 1.00 bits per heavy atom. The second kappa shape index (κ2) is 5.39. The van der Waals surface area contributed by atoms with Crippen LogP contribution >= 0.6 is 12.2 Å². The highest BCUT2D eigenvalue weighted by Gasteiger charge is 2.50. The van der Waals surface area contributed by atoms with Crippen LogP contribution in [0.3, 0.4) is 0 Å². The van der Waals surface area contributed by atoms with E-state index in [1.807, 2.05) is 0 Å². The average Bonchev–Trinajstić information content (AvgIpc) is 2.72. The van der Waals surface area contributed by atoms with Gasteiger partial charge in [-0.05, 0) is 55.4 Å². The molecule has 4 aliphatic rings. The zero-order valence-electron chi connectivity index (χ0n) is 12.7. The summed E-state index contributed by atoms with van der Waals surface area (Å²) >= 11 is 5.89. The maximum Gasteiger partial charge on any atom is 0.0819 e. The van der Waals surface area contributed by atoms with Crippen molar-refractivity contribution in [3.63, 3.8) is 0 Å². The lowest BCUT2D eigenvalue weighted by atomic mass is 9.58. The molecule has 0 saturated heterocycles. The number of fused-ring (bicyclic) bond motifs is 1. The summed E-state index contributed by atoms with van der Waals surface area (Å²) in [6, 6.07) is 10.7. The number of thiocarbonyl (C=S) groups is 1. The van der Waals surface area contributed by atoms with E-state index in [1.54, 1.807) is 0 Å². The van der Waals surface area contributed by atoms with E-state index in [1.165, 1.54) is 55.5 Å². The molecule has 4 aliphatic carbocycles. The first-order chi connectivity index (χ1) is 10.2. The van der Waals surface area contributed by atoms with Crippen LogP contribution in [0.4, 0.5) is 0 Å². The van der Waals surface area contributed by atoms with Crippen molar-refractivity contribution in [3.05, 3.63) is 35.9 Å². The summed E-state index contributed by atoms with van der Waals surface area (Å²) < 4.78 is 0. The summed E-state index contributed by atoms with van der Waals surface area (Å²) in [5.41, 5.74) is 1.68. The molecule has 2 heteroatoms. The van der Waals surface area contributed by atoms with Crippen molar-refractivity contribution in [3.8, 4) is 0 Å². The van der Waals surface area contributed by atoms with Crippen LogP contribution in [0.25, 0.3) is 0 Å². The molecule has 0 aromatic heterocycles. The molecule has 4 fully saturated rings. The predicted molar refractivity (Wildman–Crippen MR) is 91.1 cm³/mol. The minimum absolute atomic E-state index is 0.344. The van der Waals surface area contributed by atoms with E-state index >= 15 is 0 Å². The number of benzene rings is 1. The molecule has 4 saturated carbocycles. The Morgan fingerprint density at radius 2 is 1.62 bits per heavy atom. The van der Waals surface area contributed by atoms with Gasteiger partial charge in [-0.3, -0.25) is 0 Å². The third-order valence-electron chi connectivity index (χ3n) is 6.13. The molecule has 0 aliphatic heterocycles. The molecule has 1 nitrogen and oxygen atoms in total. The van der Waals surface area contributed by atoms with E-state index in [0.29, 0.717) is 5.41 Å². The van der Waals surface area contributed by atoms with Gasteiger partial charge >= 0.3 is 0 Å². The van der Waals surface area contributed by atoms with Crippen molar-refractivity contribution in [2.24, 2.45) is 23.2 Å². The first-order valence-electron chi connectivity index (χ1n) is 8.56. The molecule has 1 N–H and O–H groups in total. The molecule has 0 unspecified atom stereocenters. The fourth-order valence-electron chi connectivity index (χ4n) is 5.44. The van der Waals surface area contributed by atoms with Gasteiger partial charge in [0.1, 0.15) is 0 Å². The van der Waals surface area contributed by atoms with Crippen molar-refractivity contribution < 1.29 is 0 Å². The summed E-state index contributed by atoms with van der Waals surface area (Å²) in [7, 11) is 0. The van der Waals surface area contributed by atoms with Crippen molar-refractivity contribution in [2.45, 2.75) is 51.5 Å². The van der Waals surface area contributed by atoms with Crippen LogP contribution in [0.15, 0.2) is 30.3 Å². The Morgan fingerprint density at radius 3 is 2.29 bits per heavy atom. The van der Waals surface area contributed by atoms with Gasteiger partial charge in [0.2, 0.25) is 0 Å². The zero-order valence-corrected chi connectivity index (χ0v) is 13.5. The van der Waals surface area contributed by atoms with E-state index in [-0.39, 0.29) is 0 Å². The Bertz CT molecular complexity index is 508. The summed E-state index contributed by atoms with van der Waals surface area (Å²) in [6.45, 7) is 0.890. The lowest BCUT2D eigenvalue weighted by Crippen LogP contribution is -2.47. The number of rotatable bonds is 3. The van der Waals surface area contributed by atoms with Crippen LogP contribution < -0.4 is 5.32 Å². The monoisotopic (exact) mass is 299 g/mol. The van der Waals surface area contributed by atoms with Gasteiger partial charge in [0.25, 0.3) is 0 Å². The van der Waals surface area contributed by atoms with E-state index in [0.717, 1.165) is 24.3 Å². The lowest BCUT2D eigenvalue weighted by molar-refractivity contribution is 0.0895. The van der Waals surface area contributed by atoms with E-state index < -0.39 is 0 Å². The van der Waals surface area contributed by atoms with Crippen molar-refractivity contribution in [1.82, 2.24) is 5.32 Å². The summed E-state index contributed by atoms with van der Waals surface area (Å²) in [5, 5.41) is 3.62. The maximum absolute atomic E-state index is 5.89. The Kier molecular flexibility index (Phi) is 3.53. The predicted octanol–water partition coefficient (Wildman–Crippen LogP) is 4.71. The molecule has 1 aromatic carbocycles. The van der Waals surface area contributed by atoms with Crippen LogP contribution in [0.1, 0.15) is 50.5 Å². The fourth-order valence-corrected chi connectivity index (χ4v) is 5.76. The second-order valence-corrected chi connectivity index (χ2v) is 8.12. The van der Waals surface area contributed by atoms with Gasteiger partial charge in [-0.2, -0.15) is 0 Å². The van der Waals surface area contributed by atoms with Crippen LogP contribution in [0.2, 0.25) is 0 Å². The molecule has 5 rings (SSSR count). The standard InChI is InChI=1S/C19H25NS/c21-18(20-13-14-4-2-1-3-5-14)19-10-15-6-7-16(11-19)9-17(8-15)12-19/h1-5,15-17H,6-13H2,(H,20,21)/t15-,16-,17?,19?/m0/s1. The van der Waals surface area contributed by atoms with Gasteiger partial charge < -0.3 is 5.32 Å². The molecule has 1 aromatic rings. The minimum Gasteiger partial charge on any atom is -0.375 e. The molecule has 21 heavy (non-hydrogen) atoms. The third kappa shape index (κ3) is 2.63. The van der Waals surface area contributed by atoms with Gasteiger partial charge in [-0.15, -0.1) is 0 Å². The summed E-state index contributed by atoms with van der Waals surface area (Å²) in [4.78, 5) is 1.17. The van der Waals surface area contributed by atoms with Gasteiger partial charge in [0.05, 0.1) is 4.99 Å². The van der Waals surface area contributed by atoms with Crippen LogP contribution in [-0.2, 0) is 6.54 Å². The molecule has 112 valence electrons. The van der Waals surface area contributed by atoms with E-state index in [9.17, 15) is 0 Å². The summed E-state index contributed by atoms with van der Waals surface area (Å²) in [5.74, 6) is 2.86. The highest BCUT2D eigenvalue weighted by Crippen LogP contribution is 2.58. The molecular weight excluding hydrogens is 274 g/mol. The molecule has 0 spiro atoms. The van der Waals surface area contributed by atoms with Crippen LogP contribution in [-0.4, -0.2) is 4.99 Å². The Labute approximate surface area is 133 Å². The highest BCUT2D eigenvalue weighted by atomic mass is 32.1. The van der Waals surface area contributed by atoms with Gasteiger partial charge in [0, 0.05) is 12.0 Å². The van der Waals surface area contributed by atoms with Gasteiger partial charge in [-0.1, -0.05) is 55.4 Å². The number of hydrogen-bond acceptors (Lipinski definition) is 1. The van der Waals surface area contributed by atoms with Gasteiger partial charge in [-0.25, -0.2) is 0 Å². The van der Waals surface area contributed by atoms with Gasteiger partial charge in [0.15, 0.2) is 0 Å². The normalized spacial score (nSPS) is 37.2. The van der Waals surface area contributed by atoms with Crippen LogP contribution in [0, 0.1) is 23.2 Å². The number of hydrogen-bond donors (Lipinski definition) is 1. The quantitative estimate of drug-likeness (QED) is 0.811. The smallest absolute Gasteiger partial charge is 0.0819 e. The highest BCUT2D eigenvalue weighted by molar-refractivity contribution is 7.80. The maximum atomic E-state index is 5.89. The molecule has 0 heterocycles. The first kappa shape index (κ1) is 13.8. The third-order valence-corrected chi connectivity index (χ3v) is 6.71. The SMILES string of the molecule is S=C(NCc1ccccc1)C12CC3C[C@H](CC[C@@H](C3)C1)C2. The largest absolute Gasteiger partial charge is 0.375 e. The number of nitrogens with one attached hydrogen (secondary N) is 1. The fraction of sp³-hybridized carbons (Fsp3) is 0.632. The minimum atomic E-state index is 0.344. The molecule has 2 atom stereocenters. The van der Waals surface area contributed by atoms with Crippen molar-refractivity contribution in [2.75, 3.05) is 0 Å². The first-order valence-corrected chi connectivity index (χ1v) is 8.97. The van der Waals surface area contributed by atoms with E-state index in [4.69, 9.17) is 12.2 Å². The zero-order chi connectivity index (χ0) is 14.3. The topological polar surface area (TPSA) is 12.0 Å². The second-order valence-electron chi connectivity index (χ2n) is 7.71. The molecular formula is C19H25NS. The molecule has 4 bridgehead atoms. The van der Waals surface area contributed by atoms with Crippen molar-refractivity contribution in [1.29, 1.82) is 0 Å². The molecule has 0 radical (unpaired) electrons. The van der Waals surface area contributed by atoms with Crippen molar-refractivity contribution >= 4 is 17.2 Å². The average molecular weight is 299 g/mol. The van der Waals surface area contributed by atoms with Crippen LogP contribution in [0.5, 0.6) is 0 Å². The molecule has 0 amide bonds. The Balaban J connectivity index is 1.48. The van der Waals surface area contributed by atoms with E-state index in [2.05, 4.69) is 35.6 Å². The Hall–Kier alpha value is -0.890. The lowest BCUT2D eigenvalue weighted by Gasteiger charge is -2.48.